The van der Waals surface area contributed by atoms with E-state index in [0.29, 0.717) is 29.3 Å². The minimum absolute atomic E-state index is 0.0267. The van der Waals surface area contributed by atoms with Crippen LogP contribution in [0.15, 0.2) is 18.2 Å². The Balaban J connectivity index is 3.11. The molecule has 0 spiro atoms. The number of hydrogen-bond donors (Lipinski definition) is 0. The van der Waals surface area contributed by atoms with Crippen LogP contribution in [0, 0.1) is 0 Å². The van der Waals surface area contributed by atoms with Crippen molar-refractivity contribution in [3.05, 3.63) is 34.9 Å². The van der Waals surface area contributed by atoms with Gasteiger partial charge in [0.05, 0.1) is 5.33 Å². The van der Waals surface area contributed by atoms with E-state index in [9.17, 15) is 14.4 Å². The molecule has 1 aromatic rings. The molecule has 0 amide bonds. The van der Waals surface area contributed by atoms with Crippen molar-refractivity contribution in [2.45, 2.75) is 6.42 Å². The fourth-order valence-electron chi connectivity index (χ4n) is 1.29. The van der Waals surface area contributed by atoms with Crippen LogP contribution in [0.2, 0.25) is 0 Å². The first-order valence-corrected chi connectivity index (χ1v) is 5.45. The summed E-state index contributed by atoms with van der Waals surface area (Å²) < 4.78 is 0. The minimum atomic E-state index is -0.0267. The van der Waals surface area contributed by atoms with Crippen LogP contribution in [0.25, 0.3) is 0 Å². The molecule has 0 saturated carbocycles. The molecule has 1 rings (SSSR count). The van der Waals surface area contributed by atoms with Gasteiger partial charge in [0.1, 0.15) is 5.78 Å². The van der Waals surface area contributed by atoms with Crippen molar-refractivity contribution in [1.29, 1.82) is 0 Å². The van der Waals surface area contributed by atoms with Crippen molar-refractivity contribution in [2.75, 3.05) is 5.33 Å². The Labute approximate surface area is 95.6 Å². The molecule has 78 valence electrons. The van der Waals surface area contributed by atoms with Gasteiger partial charge < -0.3 is 0 Å². The molecule has 15 heavy (non-hydrogen) atoms. The molecule has 0 aliphatic carbocycles. The number of carbonyl (C=O) groups excluding carboxylic acids is 3. The molecular weight excluding hydrogens is 260 g/mol. The van der Waals surface area contributed by atoms with Crippen LogP contribution >= 0.6 is 15.9 Å². The Bertz CT molecular complexity index is 399. The lowest BCUT2D eigenvalue weighted by molar-refractivity contribution is -0.115. The summed E-state index contributed by atoms with van der Waals surface area (Å²) in [6, 6.07) is 4.89. The first-order chi connectivity index (χ1) is 7.22. The van der Waals surface area contributed by atoms with Crippen LogP contribution in [-0.4, -0.2) is 23.7 Å². The summed E-state index contributed by atoms with van der Waals surface area (Å²) in [5.41, 5.74) is 1.23. The predicted molar refractivity (Wildman–Crippen MR) is 59.7 cm³/mol. The van der Waals surface area contributed by atoms with E-state index < -0.39 is 0 Å². The Morgan fingerprint density at radius 1 is 1.27 bits per heavy atom. The maximum Gasteiger partial charge on any atom is 0.151 e. The summed E-state index contributed by atoms with van der Waals surface area (Å²) >= 11 is 3.05. The monoisotopic (exact) mass is 268 g/mol. The number of Topliss-reactive ketones (excluding diaryl/α,β-unsaturated/α-hetero) is 1. The van der Waals surface area contributed by atoms with Gasteiger partial charge in [-0.25, -0.2) is 0 Å². The lowest BCUT2D eigenvalue weighted by atomic mass is 9.99. The number of carbonyl (C=O) groups is 3. The largest absolute Gasteiger partial charge is 0.298 e. The van der Waals surface area contributed by atoms with Gasteiger partial charge >= 0.3 is 0 Å². The van der Waals surface area contributed by atoms with E-state index in [1.54, 1.807) is 18.2 Å². The third-order valence-corrected chi connectivity index (χ3v) is 2.64. The number of ketones is 1. The van der Waals surface area contributed by atoms with Crippen LogP contribution in [0.3, 0.4) is 0 Å². The van der Waals surface area contributed by atoms with Crippen LogP contribution in [0.1, 0.15) is 26.3 Å². The van der Waals surface area contributed by atoms with E-state index in [0.717, 1.165) is 0 Å². The summed E-state index contributed by atoms with van der Waals surface area (Å²) in [7, 11) is 0. The van der Waals surface area contributed by atoms with Crippen molar-refractivity contribution >= 4 is 34.3 Å². The van der Waals surface area contributed by atoms with Gasteiger partial charge in [0, 0.05) is 17.5 Å². The normalized spacial score (nSPS) is 9.67. The van der Waals surface area contributed by atoms with Crippen molar-refractivity contribution < 1.29 is 14.4 Å². The van der Waals surface area contributed by atoms with Gasteiger partial charge in [0.15, 0.2) is 12.6 Å². The van der Waals surface area contributed by atoms with Gasteiger partial charge in [-0.3, -0.25) is 14.4 Å². The van der Waals surface area contributed by atoms with Crippen molar-refractivity contribution in [1.82, 2.24) is 0 Å². The summed E-state index contributed by atoms with van der Waals surface area (Å²) in [6.07, 6.45) is 1.40. The average Bonchev–Trinajstić information content (AvgIpc) is 2.28. The number of aldehydes is 2. The quantitative estimate of drug-likeness (QED) is 0.605. The number of alkyl halides is 1. The molecule has 0 bridgehead atoms. The Kier molecular flexibility index (Phi) is 4.37. The highest BCUT2D eigenvalue weighted by Crippen LogP contribution is 2.12. The second-order valence-corrected chi connectivity index (χ2v) is 3.57. The molecule has 0 atom stereocenters. The highest BCUT2D eigenvalue weighted by Gasteiger charge is 2.09. The molecule has 0 aliphatic heterocycles. The van der Waals surface area contributed by atoms with E-state index in [-0.39, 0.29) is 17.5 Å². The van der Waals surface area contributed by atoms with Crippen LogP contribution in [0.4, 0.5) is 0 Å². The third-order valence-electron chi connectivity index (χ3n) is 2.01. The highest BCUT2D eigenvalue weighted by molar-refractivity contribution is 9.09. The van der Waals surface area contributed by atoms with Crippen molar-refractivity contribution in [2.24, 2.45) is 0 Å². The van der Waals surface area contributed by atoms with Crippen LogP contribution in [0.5, 0.6) is 0 Å². The number of halogens is 1. The highest BCUT2D eigenvalue weighted by atomic mass is 79.9. The molecule has 0 aromatic heterocycles. The zero-order valence-corrected chi connectivity index (χ0v) is 9.49. The van der Waals surface area contributed by atoms with E-state index in [1.165, 1.54) is 0 Å². The van der Waals surface area contributed by atoms with Gasteiger partial charge in [-0.05, 0) is 5.56 Å². The van der Waals surface area contributed by atoms with E-state index >= 15 is 0 Å². The summed E-state index contributed by atoms with van der Waals surface area (Å²) in [6.45, 7) is 0. The zero-order valence-electron chi connectivity index (χ0n) is 7.90. The molecular formula is C11H9BrO3. The zero-order chi connectivity index (χ0) is 11.3. The molecule has 0 N–H and O–H groups in total. The molecule has 0 unspecified atom stereocenters. The van der Waals surface area contributed by atoms with Crippen LogP contribution in [-0.2, 0) is 11.2 Å². The molecule has 1 aromatic carbocycles. The minimum Gasteiger partial charge on any atom is -0.298 e. The average molecular weight is 269 g/mol. The predicted octanol–water partition coefficient (Wildman–Crippen LogP) is 1.82. The summed E-state index contributed by atoms with van der Waals surface area (Å²) in [4.78, 5) is 32.6. The Morgan fingerprint density at radius 2 is 2.00 bits per heavy atom. The number of hydrogen-bond acceptors (Lipinski definition) is 3. The van der Waals surface area contributed by atoms with Gasteiger partial charge in [-0.15, -0.1) is 0 Å². The van der Waals surface area contributed by atoms with Gasteiger partial charge in [-0.2, -0.15) is 0 Å². The lowest BCUT2D eigenvalue weighted by Gasteiger charge is -2.04. The second kappa shape index (κ2) is 5.56. The molecule has 3 nitrogen and oxygen atoms in total. The van der Waals surface area contributed by atoms with E-state index in [1.807, 2.05) is 0 Å². The SMILES string of the molecule is O=Cc1cccc(CC(=O)CBr)c1C=O. The first kappa shape index (κ1) is 11.8. The Hall–Kier alpha value is -1.29. The Morgan fingerprint density at radius 3 is 2.53 bits per heavy atom. The summed E-state index contributed by atoms with van der Waals surface area (Å²) in [5, 5.41) is 0.247. The maximum absolute atomic E-state index is 11.2. The van der Waals surface area contributed by atoms with Crippen molar-refractivity contribution in [3.8, 4) is 0 Å². The molecule has 0 radical (unpaired) electrons. The fourth-order valence-corrected chi connectivity index (χ4v) is 1.49. The van der Waals surface area contributed by atoms with Crippen LogP contribution < -0.4 is 0 Å². The molecule has 4 heteroatoms. The second-order valence-electron chi connectivity index (χ2n) is 3.00. The van der Waals surface area contributed by atoms with Gasteiger partial charge in [0.25, 0.3) is 0 Å². The fraction of sp³-hybridized carbons (Fsp3) is 0.182. The topological polar surface area (TPSA) is 51.2 Å². The van der Waals surface area contributed by atoms with E-state index in [4.69, 9.17) is 0 Å². The molecule has 0 aliphatic rings. The lowest BCUT2D eigenvalue weighted by Crippen LogP contribution is -2.07. The van der Waals surface area contributed by atoms with E-state index in [2.05, 4.69) is 15.9 Å². The van der Waals surface area contributed by atoms with Crippen molar-refractivity contribution in [3.63, 3.8) is 0 Å². The van der Waals surface area contributed by atoms with Gasteiger partial charge in [-0.1, -0.05) is 34.1 Å². The molecule has 0 saturated heterocycles. The third kappa shape index (κ3) is 2.83. The smallest absolute Gasteiger partial charge is 0.151 e. The molecule has 0 fully saturated rings. The number of rotatable bonds is 5. The maximum atomic E-state index is 11.2. The number of benzene rings is 1. The summed E-state index contributed by atoms with van der Waals surface area (Å²) in [5.74, 6) is -0.0267. The van der Waals surface area contributed by atoms with Gasteiger partial charge in [0.2, 0.25) is 0 Å². The molecule has 0 heterocycles. The first-order valence-electron chi connectivity index (χ1n) is 4.32. The standard InChI is InChI=1S/C11H9BrO3/c12-5-10(15)4-8-2-1-3-9(6-13)11(8)7-14/h1-3,6-7H,4-5H2.